The number of halogens is 1. The average Bonchev–Trinajstić information content (AvgIpc) is 2.74. The predicted octanol–water partition coefficient (Wildman–Crippen LogP) is 4.85. The Kier molecular flexibility index (Phi) is 4.17. The van der Waals surface area contributed by atoms with E-state index in [0.29, 0.717) is 6.61 Å². The van der Waals surface area contributed by atoms with E-state index in [1.165, 1.54) is 4.88 Å². The highest BCUT2D eigenvalue weighted by Gasteiger charge is 2.13. The van der Waals surface area contributed by atoms with Crippen LogP contribution in [0.15, 0.2) is 34.1 Å². The Morgan fingerprint density at radius 3 is 2.75 bits per heavy atom. The van der Waals surface area contributed by atoms with Gasteiger partial charge in [-0.15, -0.1) is 11.3 Å². The lowest BCUT2D eigenvalue weighted by Gasteiger charge is -2.15. The van der Waals surface area contributed by atoms with Gasteiger partial charge in [-0.2, -0.15) is 0 Å². The molecule has 0 radical (unpaired) electrons. The predicted molar refractivity (Wildman–Crippen MR) is 86.1 cm³/mol. The van der Waals surface area contributed by atoms with Crippen LogP contribution in [0.2, 0.25) is 0 Å². The first-order valence-corrected chi connectivity index (χ1v) is 8.30. The number of hydrogen-bond acceptors (Lipinski definition) is 4. The lowest BCUT2D eigenvalue weighted by Crippen LogP contribution is -2.05. The second kappa shape index (κ2) is 6.06. The second-order valence-corrected chi connectivity index (χ2v) is 6.60. The lowest BCUT2D eigenvalue weighted by molar-refractivity contribution is 0.297. The molecule has 106 valence electrons. The fraction of sp³-hybridized carbons (Fsp3) is 0.333. The molecule has 1 aliphatic heterocycles. The van der Waals surface area contributed by atoms with Gasteiger partial charge in [0.1, 0.15) is 0 Å². The molecule has 2 aromatic rings. The summed E-state index contributed by atoms with van der Waals surface area (Å²) in [6.45, 7) is 3.59. The molecule has 0 saturated heterocycles. The second-order valence-electron chi connectivity index (χ2n) is 4.75. The van der Waals surface area contributed by atoms with Gasteiger partial charge in [0, 0.05) is 32.9 Å². The first kappa shape index (κ1) is 13.8. The van der Waals surface area contributed by atoms with E-state index in [0.717, 1.165) is 34.7 Å². The van der Waals surface area contributed by atoms with Crippen molar-refractivity contribution in [1.29, 1.82) is 0 Å². The lowest BCUT2D eigenvalue weighted by atomic mass is 10.2. The Bertz CT molecular complexity index is 599. The summed E-state index contributed by atoms with van der Waals surface area (Å²) >= 11 is 5.23. The number of anilines is 1. The van der Waals surface area contributed by atoms with E-state index in [1.54, 1.807) is 11.3 Å². The Balaban J connectivity index is 1.76. The maximum absolute atomic E-state index is 5.71. The smallest absolute Gasteiger partial charge is 0.163 e. The molecule has 3 rings (SSSR count). The van der Waals surface area contributed by atoms with Crippen LogP contribution in [0, 0.1) is 0 Å². The van der Waals surface area contributed by atoms with E-state index in [2.05, 4.69) is 39.6 Å². The van der Waals surface area contributed by atoms with Crippen molar-refractivity contribution in [2.24, 2.45) is 0 Å². The van der Waals surface area contributed by atoms with Gasteiger partial charge in [0.2, 0.25) is 0 Å². The van der Waals surface area contributed by atoms with Gasteiger partial charge in [-0.05, 0) is 41.1 Å². The number of thiophene rings is 1. The van der Waals surface area contributed by atoms with Crippen LogP contribution in [-0.4, -0.2) is 13.2 Å². The molecule has 5 heteroatoms. The molecular weight excluding hydrogens is 338 g/mol. The van der Waals surface area contributed by atoms with Gasteiger partial charge in [0.05, 0.1) is 19.3 Å². The highest BCUT2D eigenvalue weighted by molar-refractivity contribution is 9.10. The molecular formula is C15H16BrNO2S. The molecule has 3 nitrogen and oxygen atoms in total. The Labute approximate surface area is 131 Å². The molecule has 2 heterocycles. The summed E-state index contributed by atoms with van der Waals surface area (Å²) in [5, 5.41) is 5.59. The maximum Gasteiger partial charge on any atom is 0.163 e. The zero-order valence-corrected chi connectivity index (χ0v) is 13.6. The molecule has 1 unspecified atom stereocenters. The third kappa shape index (κ3) is 3.10. The van der Waals surface area contributed by atoms with E-state index in [4.69, 9.17) is 9.47 Å². The van der Waals surface area contributed by atoms with Crippen LogP contribution in [-0.2, 0) is 0 Å². The summed E-state index contributed by atoms with van der Waals surface area (Å²) in [5.74, 6) is 1.66. The summed E-state index contributed by atoms with van der Waals surface area (Å²) in [7, 11) is 0. The molecule has 1 N–H and O–H groups in total. The van der Waals surface area contributed by atoms with Crippen molar-refractivity contribution in [2.45, 2.75) is 19.4 Å². The van der Waals surface area contributed by atoms with E-state index in [1.807, 2.05) is 18.2 Å². The van der Waals surface area contributed by atoms with Crippen molar-refractivity contribution in [2.75, 3.05) is 18.5 Å². The molecule has 0 saturated carbocycles. The first-order chi connectivity index (χ1) is 9.72. The van der Waals surface area contributed by atoms with Crippen LogP contribution in [0.25, 0.3) is 0 Å². The summed E-state index contributed by atoms with van der Waals surface area (Å²) < 4.78 is 12.5. The standard InChI is InChI=1S/C15H16BrNO2S/c1-10(15-7-11(16)9-20-15)17-12-3-4-13-14(8-12)19-6-2-5-18-13/h3-4,7-10,17H,2,5-6H2,1H3. The SMILES string of the molecule is CC(Nc1ccc2c(c1)OCCCO2)c1cc(Br)cs1. The molecule has 0 amide bonds. The monoisotopic (exact) mass is 353 g/mol. The third-order valence-electron chi connectivity index (χ3n) is 3.15. The van der Waals surface area contributed by atoms with Gasteiger partial charge < -0.3 is 14.8 Å². The first-order valence-electron chi connectivity index (χ1n) is 6.62. The molecule has 0 fully saturated rings. The van der Waals surface area contributed by atoms with E-state index >= 15 is 0 Å². The van der Waals surface area contributed by atoms with Gasteiger partial charge in [0.25, 0.3) is 0 Å². The van der Waals surface area contributed by atoms with E-state index in [9.17, 15) is 0 Å². The van der Waals surface area contributed by atoms with Crippen molar-refractivity contribution in [1.82, 2.24) is 0 Å². The molecule has 20 heavy (non-hydrogen) atoms. The summed E-state index contributed by atoms with van der Waals surface area (Å²) in [6.07, 6.45) is 0.928. The molecule has 1 atom stereocenters. The fourth-order valence-electron chi connectivity index (χ4n) is 2.13. The zero-order chi connectivity index (χ0) is 13.9. The van der Waals surface area contributed by atoms with Gasteiger partial charge in [0.15, 0.2) is 11.5 Å². The van der Waals surface area contributed by atoms with Gasteiger partial charge in [-0.3, -0.25) is 0 Å². The minimum atomic E-state index is 0.260. The van der Waals surface area contributed by atoms with Crippen LogP contribution in [0.5, 0.6) is 11.5 Å². The molecule has 0 aliphatic carbocycles. The maximum atomic E-state index is 5.71. The zero-order valence-electron chi connectivity index (χ0n) is 11.2. The number of nitrogens with one attached hydrogen (secondary N) is 1. The van der Waals surface area contributed by atoms with Crippen molar-refractivity contribution in [3.05, 3.63) is 39.0 Å². The molecule has 0 bridgehead atoms. The van der Waals surface area contributed by atoms with Crippen LogP contribution in [0.1, 0.15) is 24.3 Å². The minimum absolute atomic E-state index is 0.260. The Morgan fingerprint density at radius 2 is 2.00 bits per heavy atom. The van der Waals surface area contributed by atoms with Crippen LogP contribution in [0.4, 0.5) is 5.69 Å². The Hall–Kier alpha value is -1.20. The van der Waals surface area contributed by atoms with Gasteiger partial charge >= 0.3 is 0 Å². The highest BCUT2D eigenvalue weighted by Crippen LogP contribution is 2.34. The highest BCUT2D eigenvalue weighted by atomic mass is 79.9. The summed E-state index contributed by atoms with van der Waals surface area (Å²) in [5.41, 5.74) is 1.05. The quantitative estimate of drug-likeness (QED) is 0.855. The topological polar surface area (TPSA) is 30.5 Å². The van der Waals surface area contributed by atoms with Gasteiger partial charge in [-0.1, -0.05) is 0 Å². The molecule has 1 aliphatic rings. The number of hydrogen-bond donors (Lipinski definition) is 1. The van der Waals surface area contributed by atoms with E-state index in [-0.39, 0.29) is 6.04 Å². The summed E-state index contributed by atoms with van der Waals surface area (Å²) in [4.78, 5) is 1.30. The number of fused-ring (bicyclic) bond motifs is 1. The average molecular weight is 354 g/mol. The van der Waals surface area contributed by atoms with Crippen molar-refractivity contribution in [3.63, 3.8) is 0 Å². The van der Waals surface area contributed by atoms with Crippen molar-refractivity contribution in [3.8, 4) is 11.5 Å². The largest absolute Gasteiger partial charge is 0.490 e. The number of ether oxygens (including phenoxy) is 2. The third-order valence-corrected chi connectivity index (χ3v) is 5.02. The number of rotatable bonds is 3. The molecule has 1 aromatic carbocycles. The van der Waals surface area contributed by atoms with Crippen LogP contribution >= 0.6 is 27.3 Å². The van der Waals surface area contributed by atoms with Crippen LogP contribution < -0.4 is 14.8 Å². The van der Waals surface area contributed by atoms with Crippen LogP contribution in [0.3, 0.4) is 0 Å². The molecule has 1 aromatic heterocycles. The van der Waals surface area contributed by atoms with Gasteiger partial charge in [-0.25, -0.2) is 0 Å². The normalized spacial score (nSPS) is 15.5. The molecule has 0 spiro atoms. The minimum Gasteiger partial charge on any atom is -0.490 e. The Morgan fingerprint density at radius 1 is 1.20 bits per heavy atom. The fourth-order valence-corrected chi connectivity index (χ4v) is 3.58. The van der Waals surface area contributed by atoms with Crippen molar-refractivity contribution >= 4 is 33.0 Å². The number of benzene rings is 1. The summed E-state index contributed by atoms with van der Waals surface area (Å²) in [6, 6.07) is 8.42. The van der Waals surface area contributed by atoms with E-state index < -0.39 is 0 Å². The van der Waals surface area contributed by atoms with Crippen molar-refractivity contribution < 1.29 is 9.47 Å².